The zero-order chi connectivity index (χ0) is 25.5. The van der Waals surface area contributed by atoms with Gasteiger partial charge in [-0.15, -0.1) is 0 Å². The first-order valence-electron chi connectivity index (χ1n) is 14.1. The lowest BCUT2D eigenvalue weighted by Crippen LogP contribution is -2.53. The predicted octanol–water partition coefficient (Wildman–Crippen LogP) is 5.12. The van der Waals surface area contributed by atoms with Gasteiger partial charge in [-0.25, -0.2) is 0 Å². The molecule has 0 spiro atoms. The molecule has 0 radical (unpaired) electrons. The van der Waals surface area contributed by atoms with Gasteiger partial charge in [-0.3, -0.25) is 9.79 Å². The summed E-state index contributed by atoms with van der Waals surface area (Å²) in [5.74, 6) is 2.85. The van der Waals surface area contributed by atoms with Crippen LogP contribution in [0.3, 0.4) is 0 Å². The number of hydrogen-bond acceptors (Lipinski definition) is 5. The molecule has 0 aromatic rings. The second-order valence-electron chi connectivity index (χ2n) is 14.0. The zero-order valence-electron chi connectivity index (χ0n) is 23.3. The third-order valence-electron chi connectivity index (χ3n) is 11.8. The predicted molar refractivity (Wildman–Crippen MR) is 140 cm³/mol. The number of ether oxygens (including phenoxy) is 1. The number of hydrogen-bond donors (Lipinski definition) is 1. The van der Waals surface area contributed by atoms with Crippen molar-refractivity contribution in [3.8, 4) is 0 Å². The van der Waals surface area contributed by atoms with Gasteiger partial charge >= 0.3 is 0 Å². The maximum atomic E-state index is 13.9. The third-order valence-corrected chi connectivity index (χ3v) is 11.8. The fraction of sp³-hybridized carbons (Fsp3) is 0.867. The molecule has 5 nitrogen and oxygen atoms in total. The number of ketones is 1. The van der Waals surface area contributed by atoms with Crippen molar-refractivity contribution in [2.24, 2.45) is 50.8 Å². The van der Waals surface area contributed by atoms with Gasteiger partial charge in [0.2, 0.25) is 0 Å². The van der Waals surface area contributed by atoms with Crippen LogP contribution in [0.4, 0.5) is 0 Å². The van der Waals surface area contributed by atoms with Crippen molar-refractivity contribution < 1.29 is 14.6 Å². The lowest BCUT2D eigenvalue weighted by atomic mass is 9.50. The van der Waals surface area contributed by atoms with Crippen molar-refractivity contribution in [1.29, 1.82) is 0 Å². The first-order chi connectivity index (χ1) is 16.3. The zero-order valence-corrected chi connectivity index (χ0v) is 23.3. The summed E-state index contributed by atoms with van der Waals surface area (Å²) < 4.78 is 6.25. The molecule has 4 aliphatic carbocycles. The van der Waals surface area contributed by atoms with Gasteiger partial charge in [0.1, 0.15) is 0 Å². The number of rotatable bonds is 3. The molecular weight excluding hydrogens is 436 g/mol. The van der Waals surface area contributed by atoms with Gasteiger partial charge in [-0.05, 0) is 87.3 Å². The number of carbonyl (C=O) groups is 1. The summed E-state index contributed by atoms with van der Waals surface area (Å²) in [4.78, 5) is 21.2. The Morgan fingerprint density at radius 1 is 1.09 bits per heavy atom. The van der Waals surface area contributed by atoms with E-state index >= 15 is 0 Å². The Morgan fingerprint density at radius 3 is 2.46 bits per heavy atom. The Balaban J connectivity index is 1.50. The summed E-state index contributed by atoms with van der Waals surface area (Å²) in [6.45, 7) is 14.4. The highest BCUT2D eigenvalue weighted by atomic mass is 16.5. The smallest absolute Gasteiger partial charge is 0.186 e. The molecular formula is C30H48N2O3. The van der Waals surface area contributed by atoms with Crippen molar-refractivity contribution in [2.45, 2.75) is 98.3 Å². The highest BCUT2D eigenvalue weighted by Gasteiger charge is 2.67. The van der Waals surface area contributed by atoms with E-state index in [2.05, 4.69) is 66.6 Å². The van der Waals surface area contributed by atoms with E-state index < -0.39 is 0 Å². The van der Waals surface area contributed by atoms with Gasteiger partial charge in [0.05, 0.1) is 18.8 Å². The second kappa shape index (κ2) is 8.41. The van der Waals surface area contributed by atoms with Gasteiger partial charge in [0, 0.05) is 29.7 Å². The van der Waals surface area contributed by atoms with Crippen LogP contribution in [-0.4, -0.2) is 60.6 Å². The summed E-state index contributed by atoms with van der Waals surface area (Å²) in [5.41, 5.74) is 0.853. The topological polar surface area (TPSA) is 62.1 Å². The molecule has 0 bridgehead atoms. The number of allylic oxidation sites excluding steroid dienone is 2. The number of aliphatic hydroxyl groups is 1. The number of fused-ring (bicyclic) bond motifs is 6. The van der Waals surface area contributed by atoms with Crippen LogP contribution in [0, 0.1) is 45.8 Å². The Kier molecular flexibility index (Phi) is 6.12. The van der Waals surface area contributed by atoms with Crippen molar-refractivity contribution >= 4 is 11.7 Å². The van der Waals surface area contributed by atoms with Crippen molar-refractivity contribution in [3.63, 3.8) is 0 Å². The molecule has 196 valence electrons. The number of carbonyl (C=O) groups excluding carboxylic acids is 1. The number of nitrogens with zero attached hydrogens (tertiary/aromatic N) is 2. The minimum atomic E-state index is -0.363. The Labute approximate surface area is 212 Å². The number of Topliss-reactive ketones (excluding diaryl/α,β-unsaturated/α-hetero) is 1. The number of aliphatic hydroxyl groups excluding tert-OH is 1. The Bertz CT molecular complexity index is 940. The minimum absolute atomic E-state index is 0.0241. The summed E-state index contributed by atoms with van der Waals surface area (Å²) in [6, 6.07) is 0.555. The van der Waals surface area contributed by atoms with Crippen LogP contribution in [-0.2, 0) is 9.53 Å². The molecule has 5 aliphatic rings. The molecule has 3 fully saturated rings. The highest BCUT2D eigenvalue weighted by Crippen LogP contribution is 2.68. The average molecular weight is 485 g/mol. The lowest BCUT2D eigenvalue weighted by Gasteiger charge is -2.54. The van der Waals surface area contributed by atoms with Crippen LogP contribution in [0.5, 0.6) is 0 Å². The van der Waals surface area contributed by atoms with Crippen LogP contribution in [0.2, 0.25) is 0 Å². The fourth-order valence-corrected chi connectivity index (χ4v) is 9.38. The Hall–Kier alpha value is -1.20. The SMILES string of the molecule is CC(C)C1=N[C@H]2CCC3C=C4C(=O)C[C@]5(C)[C@@H]([C@H](C)N(C)C)[C@H](O)C[C@@]5(C)[C@@H]4CC[C@H]3[C@]2(C)CO1. The molecule has 3 saturated carbocycles. The van der Waals surface area contributed by atoms with E-state index in [4.69, 9.17) is 9.73 Å². The average Bonchev–Trinajstić information content (AvgIpc) is 2.91. The largest absolute Gasteiger partial charge is 0.480 e. The molecule has 1 unspecified atom stereocenters. The molecule has 1 aliphatic heterocycles. The minimum Gasteiger partial charge on any atom is -0.480 e. The van der Waals surface area contributed by atoms with Gasteiger partial charge in [0.25, 0.3) is 0 Å². The normalized spacial score (nSPS) is 48.1. The first kappa shape index (κ1) is 25.4. The highest BCUT2D eigenvalue weighted by molar-refractivity contribution is 5.98. The summed E-state index contributed by atoms with van der Waals surface area (Å²) in [5, 5.41) is 11.4. The van der Waals surface area contributed by atoms with Crippen LogP contribution in [0.1, 0.15) is 80.1 Å². The molecule has 5 heteroatoms. The van der Waals surface area contributed by atoms with E-state index in [1.165, 1.54) is 0 Å². The van der Waals surface area contributed by atoms with Gasteiger partial charge < -0.3 is 14.7 Å². The van der Waals surface area contributed by atoms with Crippen molar-refractivity contribution in [2.75, 3.05) is 20.7 Å². The molecule has 1 N–H and O–H groups in total. The van der Waals surface area contributed by atoms with E-state index in [-0.39, 0.29) is 40.2 Å². The Morgan fingerprint density at radius 2 is 1.80 bits per heavy atom. The standard InChI is InChI=1S/C30H48N2O3/c1-17(2)27-31-25-12-9-19-13-20-22(11-10-21(19)28(25,4)16-35-27)29(5)15-24(34)26(18(3)32(7)8)30(29,6)14-23(20)33/h13,17-19,21-22,24-26,34H,9-12,14-16H2,1-8H3/t18-,19?,21+,22+,24+,25-,26-,28-,29-,30+/m0/s1. The number of aliphatic imine (C=N–C) groups is 1. The molecule has 10 atom stereocenters. The molecule has 0 aromatic heterocycles. The van der Waals surface area contributed by atoms with E-state index in [0.717, 1.165) is 50.2 Å². The molecule has 0 amide bonds. The monoisotopic (exact) mass is 484 g/mol. The molecule has 35 heavy (non-hydrogen) atoms. The summed E-state index contributed by atoms with van der Waals surface area (Å²) in [7, 11) is 4.19. The first-order valence-corrected chi connectivity index (χ1v) is 14.1. The summed E-state index contributed by atoms with van der Waals surface area (Å²) in [6.07, 6.45) is 7.74. The third kappa shape index (κ3) is 3.54. The molecule has 5 rings (SSSR count). The van der Waals surface area contributed by atoms with E-state index in [1.54, 1.807) is 0 Å². The maximum Gasteiger partial charge on any atom is 0.186 e. The van der Waals surface area contributed by atoms with E-state index in [1.807, 2.05) is 0 Å². The van der Waals surface area contributed by atoms with Crippen LogP contribution in [0.25, 0.3) is 0 Å². The van der Waals surface area contributed by atoms with Crippen LogP contribution >= 0.6 is 0 Å². The molecule has 0 aromatic carbocycles. The quantitative estimate of drug-likeness (QED) is 0.604. The van der Waals surface area contributed by atoms with Crippen LogP contribution < -0.4 is 0 Å². The maximum absolute atomic E-state index is 13.9. The fourth-order valence-electron chi connectivity index (χ4n) is 9.38. The van der Waals surface area contributed by atoms with Gasteiger partial charge in [-0.2, -0.15) is 0 Å². The van der Waals surface area contributed by atoms with Crippen molar-refractivity contribution in [1.82, 2.24) is 4.90 Å². The molecule has 0 saturated heterocycles. The van der Waals surface area contributed by atoms with Crippen molar-refractivity contribution in [3.05, 3.63) is 11.6 Å². The molecule has 1 heterocycles. The van der Waals surface area contributed by atoms with Crippen LogP contribution in [0.15, 0.2) is 16.6 Å². The summed E-state index contributed by atoms with van der Waals surface area (Å²) >= 11 is 0. The van der Waals surface area contributed by atoms with E-state index in [9.17, 15) is 9.90 Å². The van der Waals surface area contributed by atoms with Gasteiger partial charge in [-0.1, -0.05) is 40.7 Å². The lowest BCUT2D eigenvalue weighted by molar-refractivity contribution is -0.129. The second-order valence-corrected chi connectivity index (χ2v) is 14.0. The van der Waals surface area contributed by atoms with E-state index in [0.29, 0.717) is 36.0 Å². The van der Waals surface area contributed by atoms with Gasteiger partial charge in [0.15, 0.2) is 11.7 Å².